The number of rotatable bonds is 6. The highest BCUT2D eigenvalue weighted by Crippen LogP contribution is 2.45. The highest BCUT2D eigenvalue weighted by atomic mass is 35.5. The summed E-state index contributed by atoms with van der Waals surface area (Å²) in [7, 11) is 0. The van der Waals surface area contributed by atoms with Crippen LogP contribution in [0.3, 0.4) is 0 Å². The summed E-state index contributed by atoms with van der Waals surface area (Å²) in [5, 5.41) is 11.2. The lowest BCUT2D eigenvalue weighted by molar-refractivity contribution is -0.384. The van der Waals surface area contributed by atoms with Gasteiger partial charge >= 0.3 is 0 Å². The van der Waals surface area contributed by atoms with Gasteiger partial charge in [0.1, 0.15) is 17.7 Å². The van der Waals surface area contributed by atoms with E-state index >= 15 is 0 Å². The van der Waals surface area contributed by atoms with E-state index in [2.05, 4.69) is 0 Å². The van der Waals surface area contributed by atoms with Gasteiger partial charge in [0.05, 0.1) is 10.7 Å². The van der Waals surface area contributed by atoms with E-state index in [-0.39, 0.29) is 23.6 Å². The van der Waals surface area contributed by atoms with Crippen LogP contribution in [0.2, 0.25) is 5.02 Å². The second-order valence-corrected chi connectivity index (χ2v) is 8.16. The molecule has 0 saturated carbocycles. The van der Waals surface area contributed by atoms with Crippen molar-refractivity contribution >= 4 is 40.6 Å². The van der Waals surface area contributed by atoms with Gasteiger partial charge in [0, 0.05) is 28.4 Å². The lowest BCUT2D eigenvalue weighted by atomic mass is 10.1. The minimum Gasteiger partial charge on any atom is -0.489 e. The maximum atomic E-state index is 12.6. The van der Waals surface area contributed by atoms with E-state index < -0.39 is 4.92 Å². The van der Waals surface area contributed by atoms with Gasteiger partial charge in [-0.1, -0.05) is 29.8 Å². The number of nitro groups is 1. The van der Waals surface area contributed by atoms with Gasteiger partial charge in [-0.2, -0.15) is 0 Å². The molecule has 0 radical (unpaired) electrons. The van der Waals surface area contributed by atoms with Crippen LogP contribution in [0.4, 0.5) is 11.4 Å². The molecule has 6 nitrogen and oxygen atoms in total. The van der Waals surface area contributed by atoms with Crippen molar-refractivity contribution in [1.82, 2.24) is 0 Å². The van der Waals surface area contributed by atoms with Crippen LogP contribution < -0.4 is 9.64 Å². The van der Waals surface area contributed by atoms with Crippen molar-refractivity contribution in [3.63, 3.8) is 0 Å². The summed E-state index contributed by atoms with van der Waals surface area (Å²) >= 11 is 7.53. The summed E-state index contributed by atoms with van der Waals surface area (Å²) in [5.41, 5.74) is 2.54. The fraction of sp³-hybridized carbons (Fsp3) is 0.136. The minimum atomic E-state index is -0.431. The number of nitro benzene ring substituents is 1. The molecule has 8 heteroatoms. The Morgan fingerprint density at radius 2 is 1.77 bits per heavy atom. The predicted molar refractivity (Wildman–Crippen MR) is 118 cm³/mol. The summed E-state index contributed by atoms with van der Waals surface area (Å²) < 4.78 is 6.03. The molecule has 152 valence electrons. The smallest absolute Gasteiger partial charge is 0.269 e. The Kier molecular flexibility index (Phi) is 5.92. The van der Waals surface area contributed by atoms with Crippen LogP contribution >= 0.6 is 23.4 Å². The van der Waals surface area contributed by atoms with Gasteiger partial charge in [0.25, 0.3) is 5.69 Å². The molecule has 1 aliphatic heterocycles. The van der Waals surface area contributed by atoms with Crippen LogP contribution in [0.15, 0.2) is 72.8 Å². The monoisotopic (exact) mass is 440 g/mol. The molecule has 0 aliphatic carbocycles. The number of carbonyl (C=O) groups is 1. The average Bonchev–Trinajstić information content (AvgIpc) is 3.14. The van der Waals surface area contributed by atoms with Crippen molar-refractivity contribution in [1.29, 1.82) is 0 Å². The Morgan fingerprint density at radius 1 is 1.07 bits per heavy atom. The standard InChI is InChI=1S/C22H17ClN2O4S/c23-16-7-11-17(12-8-16)24-21(26)14-30-22(24)19-3-1-2-4-20(19)29-13-15-5-9-18(10-6-15)25(27)28/h1-12,22H,13-14H2/t22-/m0/s1. The predicted octanol–water partition coefficient (Wildman–Crippen LogP) is 5.61. The molecule has 4 rings (SSSR count). The fourth-order valence-corrected chi connectivity index (χ4v) is 4.55. The van der Waals surface area contributed by atoms with Crippen molar-refractivity contribution in [2.24, 2.45) is 0 Å². The van der Waals surface area contributed by atoms with Crippen molar-refractivity contribution in [2.45, 2.75) is 12.0 Å². The van der Waals surface area contributed by atoms with E-state index in [4.69, 9.17) is 16.3 Å². The largest absolute Gasteiger partial charge is 0.489 e. The molecule has 1 fully saturated rings. The number of anilines is 1. The topological polar surface area (TPSA) is 72.7 Å². The van der Waals surface area contributed by atoms with Crippen molar-refractivity contribution in [3.05, 3.63) is 99.1 Å². The molecule has 0 spiro atoms. The Hall–Kier alpha value is -3.03. The summed E-state index contributed by atoms with van der Waals surface area (Å²) in [6.45, 7) is 0.265. The number of halogens is 1. The van der Waals surface area contributed by atoms with Gasteiger partial charge in [0.2, 0.25) is 5.91 Å². The van der Waals surface area contributed by atoms with Crippen molar-refractivity contribution < 1.29 is 14.5 Å². The normalized spacial score (nSPS) is 16.0. The molecule has 0 unspecified atom stereocenters. The van der Waals surface area contributed by atoms with Crippen LogP contribution in [0.5, 0.6) is 5.75 Å². The first-order valence-electron chi connectivity index (χ1n) is 9.17. The van der Waals surface area contributed by atoms with Gasteiger partial charge in [-0.15, -0.1) is 11.8 Å². The molecule has 1 saturated heterocycles. The third kappa shape index (κ3) is 4.27. The molecule has 0 N–H and O–H groups in total. The molecule has 1 aliphatic rings. The molecular formula is C22H17ClN2O4S. The van der Waals surface area contributed by atoms with Gasteiger partial charge in [-0.05, 0) is 48.0 Å². The molecule has 1 atom stereocenters. The third-order valence-electron chi connectivity index (χ3n) is 4.70. The lowest BCUT2D eigenvalue weighted by Gasteiger charge is -2.26. The molecule has 1 amide bonds. The summed E-state index contributed by atoms with van der Waals surface area (Å²) in [6, 6.07) is 21.1. The van der Waals surface area contributed by atoms with Gasteiger partial charge in [0.15, 0.2) is 0 Å². The van der Waals surface area contributed by atoms with E-state index in [1.807, 2.05) is 36.4 Å². The summed E-state index contributed by atoms with van der Waals surface area (Å²) in [4.78, 5) is 24.7. The third-order valence-corrected chi connectivity index (χ3v) is 6.15. The number of ether oxygens (including phenoxy) is 1. The molecule has 1 heterocycles. The van der Waals surface area contributed by atoms with E-state index in [1.165, 1.54) is 12.1 Å². The Balaban J connectivity index is 1.57. The Morgan fingerprint density at radius 3 is 2.47 bits per heavy atom. The maximum Gasteiger partial charge on any atom is 0.269 e. The molecule has 3 aromatic carbocycles. The van der Waals surface area contributed by atoms with Crippen molar-refractivity contribution in [3.8, 4) is 5.75 Å². The second kappa shape index (κ2) is 8.77. The van der Waals surface area contributed by atoms with Crippen LogP contribution in [0.25, 0.3) is 0 Å². The quantitative estimate of drug-likeness (QED) is 0.368. The summed E-state index contributed by atoms with van der Waals surface area (Å²) in [5.74, 6) is 1.07. The number of hydrogen-bond acceptors (Lipinski definition) is 5. The van der Waals surface area contributed by atoms with E-state index in [0.29, 0.717) is 16.5 Å². The number of thioether (sulfide) groups is 1. The zero-order chi connectivity index (χ0) is 21.1. The first kappa shape index (κ1) is 20.3. The average molecular weight is 441 g/mol. The van der Waals surface area contributed by atoms with Crippen LogP contribution in [0.1, 0.15) is 16.5 Å². The number of non-ortho nitro benzene ring substituents is 1. The first-order chi connectivity index (χ1) is 14.5. The number of amides is 1. The van der Waals surface area contributed by atoms with Gasteiger partial charge in [-0.3, -0.25) is 19.8 Å². The number of hydrogen-bond donors (Lipinski definition) is 0. The van der Waals surface area contributed by atoms with Gasteiger partial charge in [-0.25, -0.2) is 0 Å². The highest BCUT2D eigenvalue weighted by molar-refractivity contribution is 8.00. The molecule has 3 aromatic rings. The number of para-hydroxylation sites is 1. The Bertz CT molecular complexity index is 1070. The molecule has 0 aromatic heterocycles. The van der Waals surface area contributed by atoms with Crippen LogP contribution in [-0.4, -0.2) is 16.6 Å². The number of benzene rings is 3. The maximum absolute atomic E-state index is 12.6. The lowest BCUT2D eigenvalue weighted by Crippen LogP contribution is -2.28. The van der Waals surface area contributed by atoms with Crippen molar-refractivity contribution in [2.75, 3.05) is 10.7 Å². The number of nitrogens with zero attached hydrogens (tertiary/aromatic N) is 2. The molecule has 30 heavy (non-hydrogen) atoms. The highest BCUT2D eigenvalue weighted by Gasteiger charge is 2.35. The van der Waals surface area contributed by atoms with Gasteiger partial charge < -0.3 is 4.74 Å². The van der Waals surface area contributed by atoms with E-state index in [1.54, 1.807) is 40.9 Å². The number of carbonyl (C=O) groups excluding carboxylic acids is 1. The molecule has 0 bridgehead atoms. The zero-order valence-electron chi connectivity index (χ0n) is 15.7. The summed E-state index contributed by atoms with van der Waals surface area (Å²) in [6.07, 6.45) is 0. The molecular weight excluding hydrogens is 424 g/mol. The fourth-order valence-electron chi connectivity index (χ4n) is 3.23. The van der Waals surface area contributed by atoms with E-state index in [9.17, 15) is 14.9 Å². The van der Waals surface area contributed by atoms with Crippen LogP contribution in [0, 0.1) is 10.1 Å². The van der Waals surface area contributed by atoms with Crippen LogP contribution in [-0.2, 0) is 11.4 Å². The Labute approximate surface area is 182 Å². The first-order valence-corrected chi connectivity index (χ1v) is 10.6. The second-order valence-electron chi connectivity index (χ2n) is 6.65. The minimum absolute atomic E-state index is 0.0255. The zero-order valence-corrected chi connectivity index (χ0v) is 17.3. The SMILES string of the molecule is O=C1CS[C@@H](c2ccccc2OCc2ccc([N+](=O)[O-])cc2)N1c1ccc(Cl)cc1. The van der Waals surface area contributed by atoms with E-state index in [0.717, 1.165) is 16.8 Å².